The minimum absolute atomic E-state index is 0.163. The number of carbonyl (C=O) groups is 1. The molecule has 0 bridgehead atoms. The van der Waals surface area contributed by atoms with Gasteiger partial charge in [-0.05, 0) is 24.6 Å². The Hall–Kier alpha value is -2.53. The minimum Gasteiger partial charge on any atom is -0.508 e. The number of aliphatic hydroxyl groups excluding tert-OH is 1. The maximum Gasteiger partial charge on any atom is 0.258 e. The number of aliphatic hydroxyl groups is 1. The average molecular weight is 285 g/mol. The smallest absolute Gasteiger partial charge is 0.258 e. The molecule has 3 N–H and O–H groups in total. The summed E-state index contributed by atoms with van der Waals surface area (Å²) < 4.78 is 0. The van der Waals surface area contributed by atoms with E-state index in [0.717, 1.165) is 0 Å². The number of anilines is 1. The maximum absolute atomic E-state index is 12.6. The van der Waals surface area contributed by atoms with Crippen molar-refractivity contribution in [2.75, 3.05) is 11.4 Å². The molecule has 5 nitrogen and oxygen atoms in total. The Balaban J connectivity index is 2.01. The Morgan fingerprint density at radius 2 is 1.76 bits per heavy atom. The molecule has 1 atom stereocenters. The number of nitrogens with zero attached hydrogens (tertiary/aromatic N) is 1. The summed E-state index contributed by atoms with van der Waals surface area (Å²) in [5.74, 6) is -0.645. The van der Waals surface area contributed by atoms with Crippen LogP contribution in [0.3, 0.4) is 0 Å². The Kier molecular flexibility index (Phi) is 3.27. The molecule has 1 unspecified atom stereocenters. The first-order valence-corrected chi connectivity index (χ1v) is 6.68. The van der Waals surface area contributed by atoms with Gasteiger partial charge in [-0.2, -0.15) is 0 Å². The van der Waals surface area contributed by atoms with E-state index in [4.69, 9.17) is 0 Å². The summed E-state index contributed by atoms with van der Waals surface area (Å²) in [6.07, 6.45) is -0.129. The van der Waals surface area contributed by atoms with Gasteiger partial charge in [0.05, 0.1) is 6.10 Å². The van der Waals surface area contributed by atoms with Gasteiger partial charge in [-0.1, -0.05) is 18.2 Å². The van der Waals surface area contributed by atoms with Crippen molar-refractivity contribution in [1.29, 1.82) is 0 Å². The molecule has 3 rings (SSSR count). The lowest BCUT2D eigenvalue weighted by molar-refractivity contribution is 0.0970. The first-order chi connectivity index (χ1) is 10.1. The molecule has 108 valence electrons. The minimum atomic E-state index is -0.581. The molecule has 0 aromatic heterocycles. The van der Waals surface area contributed by atoms with Crippen LogP contribution in [0.15, 0.2) is 42.5 Å². The summed E-state index contributed by atoms with van der Waals surface area (Å²) in [6.45, 7) is 0.382. The Bertz CT molecular complexity index is 678. The number of fused-ring (bicyclic) bond motifs is 1. The van der Waals surface area contributed by atoms with Gasteiger partial charge in [0.15, 0.2) is 0 Å². The number of phenols is 2. The largest absolute Gasteiger partial charge is 0.508 e. The highest BCUT2D eigenvalue weighted by Crippen LogP contribution is 2.34. The third-order valence-corrected chi connectivity index (χ3v) is 3.61. The zero-order chi connectivity index (χ0) is 15.0. The highest BCUT2D eigenvalue weighted by molar-refractivity contribution is 6.07. The highest BCUT2D eigenvalue weighted by Gasteiger charge is 2.28. The molecule has 5 heteroatoms. The molecule has 1 aliphatic heterocycles. The average Bonchev–Trinajstić information content (AvgIpc) is 2.46. The summed E-state index contributed by atoms with van der Waals surface area (Å²) in [4.78, 5) is 14.1. The molecular formula is C16H15NO4. The van der Waals surface area contributed by atoms with Gasteiger partial charge in [0.2, 0.25) is 0 Å². The van der Waals surface area contributed by atoms with Crippen molar-refractivity contribution >= 4 is 11.6 Å². The fraction of sp³-hybridized carbons (Fsp3) is 0.188. The van der Waals surface area contributed by atoms with Crippen molar-refractivity contribution in [2.24, 2.45) is 0 Å². The lowest BCUT2D eigenvalue weighted by Gasteiger charge is -2.32. The molecule has 0 spiro atoms. The van der Waals surface area contributed by atoms with Crippen molar-refractivity contribution in [3.8, 4) is 11.5 Å². The molecule has 0 fully saturated rings. The second kappa shape index (κ2) is 5.10. The zero-order valence-corrected chi connectivity index (χ0v) is 11.2. The van der Waals surface area contributed by atoms with E-state index in [1.165, 1.54) is 18.2 Å². The molecule has 0 radical (unpaired) electrons. The predicted octanol–water partition coefficient (Wildman–Crippen LogP) is 2.18. The van der Waals surface area contributed by atoms with Crippen LogP contribution in [0.5, 0.6) is 11.5 Å². The van der Waals surface area contributed by atoms with Gasteiger partial charge in [-0.15, -0.1) is 0 Å². The number of phenolic OH excluding ortho intramolecular Hbond substituents is 2. The monoisotopic (exact) mass is 285 g/mol. The van der Waals surface area contributed by atoms with Crippen LogP contribution in [0.25, 0.3) is 0 Å². The van der Waals surface area contributed by atoms with E-state index in [-0.39, 0.29) is 23.0 Å². The lowest BCUT2D eigenvalue weighted by Crippen LogP contribution is -2.36. The fourth-order valence-corrected chi connectivity index (χ4v) is 2.63. The van der Waals surface area contributed by atoms with Crippen molar-refractivity contribution in [2.45, 2.75) is 12.5 Å². The number of carbonyl (C=O) groups excluding carboxylic acids is 1. The van der Waals surface area contributed by atoms with Crippen LogP contribution in [0.4, 0.5) is 5.69 Å². The molecular weight excluding hydrogens is 270 g/mol. The quantitative estimate of drug-likeness (QED) is 0.750. The van der Waals surface area contributed by atoms with Crippen molar-refractivity contribution in [3.63, 3.8) is 0 Å². The molecule has 0 aliphatic carbocycles. The van der Waals surface area contributed by atoms with Crippen LogP contribution < -0.4 is 4.90 Å². The first kappa shape index (κ1) is 13.5. The van der Waals surface area contributed by atoms with Crippen LogP contribution in [0.1, 0.15) is 28.4 Å². The van der Waals surface area contributed by atoms with Crippen LogP contribution in [-0.4, -0.2) is 27.8 Å². The van der Waals surface area contributed by atoms with E-state index in [2.05, 4.69) is 0 Å². The summed E-state index contributed by atoms with van der Waals surface area (Å²) in [6, 6.07) is 11.0. The second-order valence-electron chi connectivity index (χ2n) is 5.06. The SMILES string of the molecule is O=C(c1cc(O)cc(O)c1)N1CCC(O)c2ccccc21. The fourth-order valence-electron chi connectivity index (χ4n) is 2.63. The van der Waals surface area contributed by atoms with Crippen molar-refractivity contribution in [3.05, 3.63) is 53.6 Å². The van der Waals surface area contributed by atoms with Crippen molar-refractivity contribution in [1.82, 2.24) is 0 Å². The lowest BCUT2D eigenvalue weighted by atomic mass is 9.98. The summed E-state index contributed by atoms with van der Waals surface area (Å²) in [5.41, 5.74) is 1.57. The van der Waals surface area contributed by atoms with E-state index in [9.17, 15) is 20.1 Å². The van der Waals surface area contributed by atoms with Gasteiger partial charge in [0.1, 0.15) is 11.5 Å². The standard InChI is InChI=1S/C16H15NO4/c18-11-7-10(8-12(19)9-11)16(21)17-6-5-15(20)13-3-1-2-4-14(13)17/h1-4,7-9,15,18-20H,5-6H2. The molecule has 1 amide bonds. The Labute approximate surface area is 121 Å². The molecule has 2 aromatic carbocycles. The number of hydrogen-bond donors (Lipinski definition) is 3. The first-order valence-electron chi connectivity index (χ1n) is 6.68. The van der Waals surface area contributed by atoms with Crippen molar-refractivity contribution < 1.29 is 20.1 Å². The van der Waals surface area contributed by atoms with Gasteiger partial charge in [0.25, 0.3) is 5.91 Å². The molecule has 1 aliphatic rings. The van der Waals surface area contributed by atoms with Crippen LogP contribution >= 0.6 is 0 Å². The molecule has 2 aromatic rings. The molecule has 1 heterocycles. The normalized spacial score (nSPS) is 17.4. The molecule has 21 heavy (non-hydrogen) atoms. The van der Waals surface area contributed by atoms with E-state index in [0.29, 0.717) is 24.2 Å². The topological polar surface area (TPSA) is 81.0 Å². The number of benzene rings is 2. The van der Waals surface area contributed by atoms with E-state index in [1.54, 1.807) is 23.1 Å². The van der Waals surface area contributed by atoms with Crippen LogP contribution in [0, 0.1) is 0 Å². The summed E-state index contributed by atoms with van der Waals surface area (Å²) in [5, 5.41) is 29.0. The zero-order valence-electron chi connectivity index (χ0n) is 11.2. The molecule has 0 saturated heterocycles. The summed E-state index contributed by atoms with van der Waals surface area (Å²) >= 11 is 0. The highest BCUT2D eigenvalue weighted by atomic mass is 16.3. The van der Waals surface area contributed by atoms with Gasteiger partial charge in [-0.3, -0.25) is 4.79 Å². The Morgan fingerprint density at radius 1 is 1.10 bits per heavy atom. The van der Waals surface area contributed by atoms with E-state index < -0.39 is 6.10 Å². The van der Waals surface area contributed by atoms with Crippen LogP contribution in [-0.2, 0) is 0 Å². The second-order valence-corrected chi connectivity index (χ2v) is 5.06. The van der Waals surface area contributed by atoms with Crippen LogP contribution in [0.2, 0.25) is 0 Å². The third kappa shape index (κ3) is 2.43. The number of para-hydroxylation sites is 1. The van der Waals surface area contributed by atoms with Gasteiger partial charge in [0, 0.05) is 29.4 Å². The number of amides is 1. The predicted molar refractivity (Wildman–Crippen MR) is 77.5 cm³/mol. The number of aromatic hydroxyl groups is 2. The Morgan fingerprint density at radius 3 is 2.48 bits per heavy atom. The summed E-state index contributed by atoms with van der Waals surface area (Å²) in [7, 11) is 0. The van der Waals surface area contributed by atoms with Gasteiger partial charge in [-0.25, -0.2) is 0 Å². The molecule has 0 saturated carbocycles. The number of hydrogen-bond acceptors (Lipinski definition) is 4. The number of rotatable bonds is 1. The third-order valence-electron chi connectivity index (χ3n) is 3.61. The maximum atomic E-state index is 12.6. The van der Waals surface area contributed by atoms with E-state index >= 15 is 0 Å². The van der Waals surface area contributed by atoms with Gasteiger partial charge >= 0.3 is 0 Å². The van der Waals surface area contributed by atoms with Gasteiger partial charge < -0.3 is 20.2 Å². The van der Waals surface area contributed by atoms with E-state index in [1.807, 2.05) is 6.07 Å².